The average Bonchev–Trinajstić information content (AvgIpc) is 3.07. The van der Waals surface area contributed by atoms with Crippen LogP contribution in [0.5, 0.6) is 0 Å². The number of hydrogen-bond acceptors (Lipinski definition) is 6. The minimum Gasteiger partial charge on any atom is -0.411 e. The smallest absolute Gasteiger partial charge is 0.277 e. The Balaban J connectivity index is 1.66. The van der Waals surface area contributed by atoms with Crippen LogP contribution in [-0.4, -0.2) is 26.3 Å². The number of halogens is 2. The molecule has 1 N–H and O–H groups in total. The fourth-order valence-electron chi connectivity index (χ4n) is 1.90. The van der Waals surface area contributed by atoms with Gasteiger partial charge < -0.3 is 9.73 Å². The first kappa shape index (κ1) is 17.7. The van der Waals surface area contributed by atoms with Crippen LogP contribution in [0.25, 0.3) is 11.5 Å². The number of nitrogens with zero attached hydrogens (tertiary/aromatic N) is 3. The number of carbonyl (C=O) groups excluding carboxylic acids is 1. The molecule has 0 radical (unpaired) electrons. The predicted molar refractivity (Wildman–Crippen MR) is 97.9 cm³/mol. The topological polar surface area (TPSA) is 80.9 Å². The Morgan fingerprint density at radius 3 is 2.88 bits per heavy atom. The van der Waals surface area contributed by atoms with Crippen LogP contribution in [0.3, 0.4) is 0 Å². The van der Waals surface area contributed by atoms with Crippen LogP contribution in [0.15, 0.2) is 52.4 Å². The van der Waals surface area contributed by atoms with Crippen LogP contribution >= 0.6 is 35.0 Å². The second kappa shape index (κ2) is 7.86. The Morgan fingerprint density at radius 2 is 2.12 bits per heavy atom. The van der Waals surface area contributed by atoms with Gasteiger partial charge in [-0.05, 0) is 37.3 Å². The van der Waals surface area contributed by atoms with Crippen LogP contribution in [0, 0.1) is 0 Å². The zero-order valence-corrected chi connectivity index (χ0v) is 15.3. The molecule has 0 aliphatic heterocycles. The molecule has 3 aromatic rings. The van der Waals surface area contributed by atoms with E-state index < -0.39 is 5.25 Å². The highest BCUT2D eigenvalue weighted by atomic mass is 35.5. The summed E-state index contributed by atoms with van der Waals surface area (Å²) < 4.78 is 5.56. The molecule has 1 amide bonds. The van der Waals surface area contributed by atoms with Crippen molar-refractivity contribution in [1.29, 1.82) is 0 Å². The molecule has 0 spiro atoms. The monoisotopic (exact) mass is 394 g/mol. The highest BCUT2D eigenvalue weighted by molar-refractivity contribution is 8.00. The van der Waals surface area contributed by atoms with Crippen molar-refractivity contribution in [2.75, 3.05) is 5.32 Å². The molecule has 0 saturated carbocycles. The molecule has 3 rings (SSSR count). The Hall–Kier alpha value is -2.09. The first-order chi connectivity index (χ1) is 12.0. The second-order valence-corrected chi connectivity index (χ2v) is 7.12. The largest absolute Gasteiger partial charge is 0.411 e. The fraction of sp³-hybridized carbons (Fsp3) is 0.125. The van der Waals surface area contributed by atoms with Gasteiger partial charge in [-0.15, -0.1) is 10.2 Å². The molecule has 6 nitrogen and oxygen atoms in total. The fourth-order valence-corrected chi connectivity index (χ4v) is 2.92. The first-order valence-electron chi connectivity index (χ1n) is 7.19. The molecular weight excluding hydrogens is 383 g/mol. The van der Waals surface area contributed by atoms with Crippen molar-refractivity contribution < 1.29 is 9.21 Å². The van der Waals surface area contributed by atoms with E-state index in [1.54, 1.807) is 43.6 Å². The van der Waals surface area contributed by atoms with Gasteiger partial charge in [0.2, 0.25) is 11.8 Å². The quantitative estimate of drug-likeness (QED) is 0.638. The molecule has 0 unspecified atom stereocenters. The molecule has 2 aromatic heterocycles. The standard InChI is InChI=1S/C16H12Cl2N4O2S/c1-9(14(23)20-13-7-11(17)4-5-12(13)18)25-16-22-21-15(24-16)10-3-2-6-19-8-10/h2-9H,1H3,(H,20,23)/t9-/m0/s1. The summed E-state index contributed by atoms with van der Waals surface area (Å²) in [4.78, 5) is 16.3. The van der Waals surface area contributed by atoms with Gasteiger partial charge >= 0.3 is 0 Å². The predicted octanol–water partition coefficient (Wildman–Crippen LogP) is 4.56. The molecule has 0 fully saturated rings. The lowest BCUT2D eigenvalue weighted by Crippen LogP contribution is -2.22. The molecule has 25 heavy (non-hydrogen) atoms. The average molecular weight is 395 g/mol. The molecule has 0 saturated heterocycles. The first-order valence-corrected chi connectivity index (χ1v) is 8.83. The third kappa shape index (κ3) is 4.50. The molecule has 0 aliphatic carbocycles. The van der Waals surface area contributed by atoms with E-state index in [1.807, 2.05) is 6.07 Å². The van der Waals surface area contributed by atoms with Crippen LogP contribution in [0.2, 0.25) is 10.0 Å². The number of thioether (sulfide) groups is 1. The highest BCUT2D eigenvalue weighted by Gasteiger charge is 2.19. The summed E-state index contributed by atoms with van der Waals surface area (Å²) in [5.41, 5.74) is 1.16. The van der Waals surface area contributed by atoms with Gasteiger partial charge in [-0.2, -0.15) is 0 Å². The van der Waals surface area contributed by atoms with E-state index >= 15 is 0 Å². The highest BCUT2D eigenvalue weighted by Crippen LogP contribution is 2.29. The van der Waals surface area contributed by atoms with E-state index in [2.05, 4.69) is 20.5 Å². The number of benzene rings is 1. The lowest BCUT2D eigenvalue weighted by atomic mass is 10.3. The van der Waals surface area contributed by atoms with E-state index in [-0.39, 0.29) is 5.91 Å². The summed E-state index contributed by atoms with van der Waals surface area (Å²) in [7, 11) is 0. The van der Waals surface area contributed by atoms with E-state index in [0.717, 1.165) is 11.8 Å². The molecule has 9 heteroatoms. The van der Waals surface area contributed by atoms with Crippen molar-refractivity contribution in [3.8, 4) is 11.5 Å². The minimum atomic E-state index is -0.475. The summed E-state index contributed by atoms with van der Waals surface area (Å²) in [5.74, 6) is 0.0939. The third-order valence-electron chi connectivity index (χ3n) is 3.15. The van der Waals surface area contributed by atoms with Gasteiger partial charge in [-0.25, -0.2) is 0 Å². The lowest BCUT2D eigenvalue weighted by molar-refractivity contribution is -0.115. The molecule has 1 atom stereocenters. The van der Waals surface area contributed by atoms with E-state index in [4.69, 9.17) is 27.6 Å². The number of pyridine rings is 1. The zero-order valence-electron chi connectivity index (χ0n) is 12.9. The van der Waals surface area contributed by atoms with Gasteiger partial charge in [0.25, 0.3) is 5.22 Å². The second-order valence-electron chi connectivity index (χ2n) is 4.99. The summed E-state index contributed by atoms with van der Waals surface area (Å²) in [6.45, 7) is 1.73. The van der Waals surface area contributed by atoms with Gasteiger partial charge in [0, 0.05) is 17.4 Å². The number of nitrogens with one attached hydrogen (secondary N) is 1. The third-order valence-corrected chi connectivity index (χ3v) is 4.65. The number of amides is 1. The van der Waals surface area contributed by atoms with Crippen molar-refractivity contribution in [2.45, 2.75) is 17.4 Å². The molecule has 128 valence electrons. The van der Waals surface area contributed by atoms with Crippen molar-refractivity contribution in [3.63, 3.8) is 0 Å². The van der Waals surface area contributed by atoms with E-state index in [0.29, 0.717) is 32.4 Å². The number of anilines is 1. The Morgan fingerprint density at radius 1 is 1.28 bits per heavy atom. The van der Waals surface area contributed by atoms with Gasteiger partial charge in [0.15, 0.2) is 0 Å². The molecule has 0 aliphatic rings. The zero-order chi connectivity index (χ0) is 17.8. The summed E-state index contributed by atoms with van der Waals surface area (Å²) >= 11 is 13.1. The molecule has 1 aromatic carbocycles. The van der Waals surface area contributed by atoms with Gasteiger partial charge in [0.05, 0.1) is 21.5 Å². The summed E-state index contributed by atoms with van der Waals surface area (Å²) in [5, 5.41) is 11.3. The maximum absolute atomic E-state index is 12.3. The van der Waals surface area contributed by atoms with Crippen LogP contribution < -0.4 is 5.32 Å². The maximum atomic E-state index is 12.3. The maximum Gasteiger partial charge on any atom is 0.277 e. The van der Waals surface area contributed by atoms with Crippen LogP contribution in [0.4, 0.5) is 5.69 Å². The van der Waals surface area contributed by atoms with Crippen molar-refractivity contribution in [2.24, 2.45) is 0 Å². The number of rotatable bonds is 5. The lowest BCUT2D eigenvalue weighted by Gasteiger charge is -2.11. The van der Waals surface area contributed by atoms with E-state index in [1.165, 1.54) is 0 Å². The Labute approximate surface area is 158 Å². The normalized spacial score (nSPS) is 12.0. The van der Waals surface area contributed by atoms with Gasteiger partial charge in [-0.3, -0.25) is 9.78 Å². The molecule has 0 bridgehead atoms. The van der Waals surface area contributed by atoms with Crippen LogP contribution in [-0.2, 0) is 4.79 Å². The Bertz CT molecular complexity index is 889. The van der Waals surface area contributed by atoms with Gasteiger partial charge in [-0.1, -0.05) is 35.0 Å². The molecule has 2 heterocycles. The van der Waals surface area contributed by atoms with Crippen molar-refractivity contribution in [1.82, 2.24) is 15.2 Å². The number of hydrogen-bond donors (Lipinski definition) is 1. The molecular formula is C16H12Cl2N4O2S. The van der Waals surface area contributed by atoms with Crippen molar-refractivity contribution >= 4 is 46.6 Å². The van der Waals surface area contributed by atoms with Gasteiger partial charge in [0.1, 0.15) is 0 Å². The summed E-state index contributed by atoms with van der Waals surface area (Å²) in [6.07, 6.45) is 3.28. The number of aromatic nitrogens is 3. The SMILES string of the molecule is C[C@H](Sc1nnc(-c2cccnc2)o1)C(=O)Nc1cc(Cl)ccc1Cl. The van der Waals surface area contributed by atoms with Crippen molar-refractivity contribution in [3.05, 3.63) is 52.8 Å². The number of carbonyl (C=O) groups is 1. The van der Waals surface area contributed by atoms with E-state index in [9.17, 15) is 4.79 Å². The van der Waals surface area contributed by atoms with Crippen LogP contribution in [0.1, 0.15) is 6.92 Å². The summed E-state index contributed by atoms with van der Waals surface area (Å²) in [6, 6.07) is 8.45. The minimum absolute atomic E-state index is 0.254. The Kier molecular flexibility index (Phi) is 5.57.